The first-order chi connectivity index (χ1) is 14.9. The van der Waals surface area contributed by atoms with Crippen molar-refractivity contribution in [1.29, 1.82) is 0 Å². The number of amides is 6. The minimum Gasteiger partial charge on any atom is -0.326 e. The molecule has 0 aliphatic carbocycles. The Kier molecular flexibility index (Phi) is 5.24. The Hall–Kier alpha value is -4.01. The molecular formula is C22H20N4O5. The SMILES string of the molecule is CN1CC(=O)N(CCCC(=O)Nc2cccc(N3C(=O)c4ccccc4C3=O)c2)C1=O. The van der Waals surface area contributed by atoms with Crippen LogP contribution in [-0.2, 0) is 9.59 Å². The maximum Gasteiger partial charge on any atom is 0.326 e. The first-order valence-corrected chi connectivity index (χ1v) is 9.80. The lowest BCUT2D eigenvalue weighted by atomic mass is 10.1. The number of benzene rings is 2. The second kappa shape index (κ2) is 8.02. The Morgan fingerprint density at radius 3 is 2.26 bits per heavy atom. The van der Waals surface area contributed by atoms with Crippen molar-refractivity contribution in [1.82, 2.24) is 9.80 Å². The number of imide groups is 2. The Bertz CT molecular complexity index is 1080. The molecule has 2 aliphatic heterocycles. The smallest absolute Gasteiger partial charge is 0.326 e. The Morgan fingerprint density at radius 2 is 1.65 bits per heavy atom. The lowest BCUT2D eigenvalue weighted by Crippen LogP contribution is -2.33. The average Bonchev–Trinajstić information content (AvgIpc) is 3.15. The van der Waals surface area contributed by atoms with E-state index in [1.807, 2.05) is 0 Å². The summed E-state index contributed by atoms with van der Waals surface area (Å²) in [5.41, 5.74) is 1.49. The van der Waals surface area contributed by atoms with Gasteiger partial charge in [0, 0.05) is 25.7 Å². The number of rotatable bonds is 6. The van der Waals surface area contributed by atoms with E-state index in [9.17, 15) is 24.0 Å². The van der Waals surface area contributed by atoms with Crippen LogP contribution in [0.25, 0.3) is 0 Å². The van der Waals surface area contributed by atoms with Crippen molar-refractivity contribution >= 4 is 41.0 Å². The molecule has 0 unspecified atom stereocenters. The third-order valence-corrected chi connectivity index (χ3v) is 5.20. The Morgan fingerprint density at radius 1 is 0.968 bits per heavy atom. The number of nitrogens with zero attached hydrogens (tertiary/aromatic N) is 3. The fraction of sp³-hybridized carbons (Fsp3) is 0.227. The largest absolute Gasteiger partial charge is 0.326 e. The monoisotopic (exact) mass is 420 g/mol. The molecule has 158 valence electrons. The first kappa shape index (κ1) is 20.3. The van der Waals surface area contributed by atoms with Gasteiger partial charge < -0.3 is 10.2 Å². The maximum absolute atomic E-state index is 12.6. The topological polar surface area (TPSA) is 107 Å². The highest BCUT2D eigenvalue weighted by Crippen LogP contribution is 2.29. The van der Waals surface area contributed by atoms with Crippen LogP contribution >= 0.6 is 0 Å². The number of carbonyl (C=O) groups excluding carboxylic acids is 5. The molecule has 6 amide bonds. The Balaban J connectivity index is 1.38. The van der Waals surface area contributed by atoms with Crippen molar-refractivity contribution in [3.63, 3.8) is 0 Å². The third kappa shape index (κ3) is 3.77. The number of nitrogens with one attached hydrogen (secondary N) is 1. The van der Waals surface area contributed by atoms with Gasteiger partial charge in [0.05, 0.1) is 16.8 Å². The minimum absolute atomic E-state index is 0.0512. The van der Waals surface area contributed by atoms with Gasteiger partial charge >= 0.3 is 6.03 Å². The van der Waals surface area contributed by atoms with E-state index in [4.69, 9.17) is 0 Å². The van der Waals surface area contributed by atoms with E-state index in [0.717, 1.165) is 9.80 Å². The highest BCUT2D eigenvalue weighted by molar-refractivity contribution is 6.34. The second-order valence-electron chi connectivity index (χ2n) is 7.38. The number of fused-ring (bicyclic) bond motifs is 1. The summed E-state index contributed by atoms with van der Waals surface area (Å²) in [7, 11) is 1.55. The molecule has 2 heterocycles. The van der Waals surface area contributed by atoms with Gasteiger partial charge in [0.2, 0.25) is 11.8 Å². The van der Waals surface area contributed by atoms with Crippen LogP contribution in [0.5, 0.6) is 0 Å². The summed E-state index contributed by atoms with van der Waals surface area (Å²) in [6, 6.07) is 12.7. The molecule has 31 heavy (non-hydrogen) atoms. The average molecular weight is 420 g/mol. The Labute approximate surface area is 178 Å². The van der Waals surface area contributed by atoms with Gasteiger partial charge in [0.25, 0.3) is 11.8 Å². The highest BCUT2D eigenvalue weighted by Gasteiger charge is 2.36. The number of carbonyl (C=O) groups is 5. The number of urea groups is 1. The van der Waals surface area contributed by atoms with Crippen molar-refractivity contribution in [2.24, 2.45) is 0 Å². The molecule has 1 N–H and O–H groups in total. The number of likely N-dealkylation sites (N-methyl/N-ethyl adjacent to an activating group) is 1. The van der Waals surface area contributed by atoms with Gasteiger partial charge in [-0.2, -0.15) is 0 Å². The normalized spacial score (nSPS) is 15.7. The lowest BCUT2D eigenvalue weighted by Gasteiger charge is -2.16. The van der Waals surface area contributed by atoms with E-state index in [0.29, 0.717) is 28.9 Å². The van der Waals surface area contributed by atoms with Crippen molar-refractivity contribution in [3.8, 4) is 0 Å². The summed E-state index contributed by atoms with van der Waals surface area (Å²) in [5, 5.41) is 2.73. The van der Waals surface area contributed by atoms with E-state index in [-0.39, 0.29) is 37.4 Å². The summed E-state index contributed by atoms with van der Waals surface area (Å²) in [6.07, 6.45) is 0.438. The molecule has 0 spiro atoms. The van der Waals surface area contributed by atoms with Crippen molar-refractivity contribution < 1.29 is 24.0 Å². The molecular weight excluding hydrogens is 400 g/mol. The van der Waals surface area contributed by atoms with Gasteiger partial charge in [-0.1, -0.05) is 18.2 Å². The molecule has 2 aromatic rings. The summed E-state index contributed by atoms with van der Waals surface area (Å²) < 4.78 is 0. The molecule has 1 saturated heterocycles. The van der Waals surface area contributed by atoms with Crippen molar-refractivity contribution in [2.75, 3.05) is 30.4 Å². The summed E-state index contributed by atoms with van der Waals surface area (Å²) in [6.45, 7) is 0.222. The molecule has 4 rings (SSSR count). The van der Waals surface area contributed by atoms with Crippen molar-refractivity contribution in [3.05, 3.63) is 59.7 Å². The molecule has 9 nitrogen and oxygen atoms in total. The molecule has 0 saturated carbocycles. The molecule has 0 radical (unpaired) electrons. The maximum atomic E-state index is 12.6. The van der Waals surface area contributed by atoms with Gasteiger partial charge in [0.1, 0.15) is 6.54 Å². The first-order valence-electron chi connectivity index (χ1n) is 9.80. The van der Waals surface area contributed by atoms with Crippen LogP contribution < -0.4 is 10.2 Å². The molecule has 0 bridgehead atoms. The second-order valence-corrected chi connectivity index (χ2v) is 7.38. The van der Waals surface area contributed by atoms with Crippen LogP contribution in [0.4, 0.5) is 16.2 Å². The third-order valence-electron chi connectivity index (χ3n) is 5.20. The van der Waals surface area contributed by atoms with E-state index in [2.05, 4.69) is 5.32 Å². The summed E-state index contributed by atoms with van der Waals surface area (Å²) in [5.74, 6) is -1.39. The summed E-state index contributed by atoms with van der Waals surface area (Å²) >= 11 is 0. The number of hydrogen-bond donors (Lipinski definition) is 1. The van der Waals surface area contributed by atoms with Crippen LogP contribution in [0.3, 0.4) is 0 Å². The summed E-state index contributed by atoms with van der Waals surface area (Å²) in [4.78, 5) is 64.7. The highest BCUT2D eigenvalue weighted by atomic mass is 16.2. The quantitative estimate of drug-likeness (QED) is 0.569. The number of hydrogen-bond acceptors (Lipinski definition) is 5. The van der Waals surface area contributed by atoms with Crippen LogP contribution in [0.2, 0.25) is 0 Å². The molecule has 0 aromatic heterocycles. The van der Waals surface area contributed by atoms with Crippen molar-refractivity contribution in [2.45, 2.75) is 12.8 Å². The zero-order valence-corrected chi connectivity index (χ0v) is 16.8. The zero-order valence-electron chi connectivity index (χ0n) is 16.8. The predicted octanol–water partition coefficient (Wildman–Crippen LogP) is 2.10. The van der Waals surface area contributed by atoms with Crippen LogP contribution in [-0.4, -0.2) is 59.6 Å². The van der Waals surface area contributed by atoms with E-state index in [1.165, 1.54) is 4.90 Å². The van der Waals surface area contributed by atoms with Gasteiger partial charge in [-0.15, -0.1) is 0 Å². The van der Waals surface area contributed by atoms with E-state index < -0.39 is 11.8 Å². The van der Waals surface area contributed by atoms with Gasteiger partial charge in [-0.05, 0) is 36.8 Å². The van der Waals surface area contributed by atoms with Gasteiger partial charge in [-0.25, -0.2) is 9.69 Å². The molecule has 2 aliphatic rings. The van der Waals surface area contributed by atoms with Gasteiger partial charge in [0.15, 0.2) is 0 Å². The number of anilines is 2. The van der Waals surface area contributed by atoms with E-state index in [1.54, 1.807) is 55.6 Å². The fourth-order valence-corrected chi connectivity index (χ4v) is 3.66. The van der Waals surface area contributed by atoms with Crippen LogP contribution in [0.15, 0.2) is 48.5 Å². The fourth-order valence-electron chi connectivity index (χ4n) is 3.66. The standard InChI is InChI=1S/C22H20N4O5/c1-24-13-19(28)25(22(24)31)11-5-10-18(27)23-14-6-4-7-15(12-14)26-20(29)16-8-2-3-9-17(16)21(26)30/h2-4,6-9,12H,5,10-11,13H2,1H3,(H,23,27). The molecule has 2 aromatic carbocycles. The van der Waals surface area contributed by atoms with Gasteiger partial charge in [-0.3, -0.25) is 24.1 Å². The zero-order chi connectivity index (χ0) is 22.1. The molecule has 0 atom stereocenters. The molecule has 9 heteroatoms. The van der Waals surface area contributed by atoms with E-state index >= 15 is 0 Å². The van der Waals surface area contributed by atoms with Crippen LogP contribution in [0.1, 0.15) is 33.6 Å². The van der Waals surface area contributed by atoms with Crippen LogP contribution in [0, 0.1) is 0 Å². The predicted molar refractivity (Wildman–Crippen MR) is 112 cm³/mol. The minimum atomic E-state index is -0.408. The lowest BCUT2D eigenvalue weighted by molar-refractivity contribution is -0.125. The molecule has 1 fully saturated rings.